The van der Waals surface area contributed by atoms with E-state index in [2.05, 4.69) is 24.0 Å². The molecule has 15 heavy (non-hydrogen) atoms. The molecule has 0 aromatic heterocycles. The quantitative estimate of drug-likeness (QED) is 0.693. The van der Waals surface area contributed by atoms with Crippen LogP contribution in [0.25, 0.3) is 0 Å². The van der Waals surface area contributed by atoms with Crippen molar-refractivity contribution in [3.63, 3.8) is 0 Å². The third kappa shape index (κ3) is 3.53. The van der Waals surface area contributed by atoms with Gasteiger partial charge in [0.1, 0.15) is 5.75 Å². The molecule has 84 valence electrons. The molecule has 0 bridgehead atoms. The summed E-state index contributed by atoms with van der Waals surface area (Å²) in [5.41, 5.74) is 2.44. The molecule has 0 heterocycles. The number of rotatable bonds is 5. The first-order valence-electron chi connectivity index (χ1n) is 4.98. The number of hydrogen-bond donors (Lipinski definition) is 0. The molecule has 1 rings (SSSR count). The van der Waals surface area contributed by atoms with Crippen LogP contribution in [0.5, 0.6) is 5.75 Å². The van der Waals surface area contributed by atoms with Gasteiger partial charge in [-0.1, -0.05) is 17.7 Å². The first kappa shape index (κ1) is 12.0. The lowest BCUT2D eigenvalue weighted by molar-refractivity contribution is 0.0766. The number of nitrogens with zero attached hydrogens (tertiary/aromatic N) is 1. The summed E-state index contributed by atoms with van der Waals surface area (Å²) >= 11 is 0. The van der Waals surface area contributed by atoms with Crippen LogP contribution < -0.4 is 4.74 Å². The highest BCUT2D eigenvalue weighted by atomic mass is 16.5. The highest BCUT2D eigenvalue weighted by Crippen LogP contribution is 2.20. The second kappa shape index (κ2) is 5.73. The fraction of sp³-hybridized carbons (Fsp3) is 0.500. The monoisotopic (exact) mass is 209 g/mol. The molecule has 1 aromatic rings. The molecule has 0 N–H and O–H groups in total. The standard InChI is InChI=1S/C12H19NO2/c1-10-5-6-12(15-4)11(7-10)8-13(2)9-14-3/h5-7H,8-9H2,1-4H3. The summed E-state index contributed by atoms with van der Waals surface area (Å²) in [6, 6.07) is 6.20. The first-order chi connectivity index (χ1) is 7.17. The number of benzene rings is 1. The van der Waals surface area contributed by atoms with E-state index in [1.165, 1.54) is 11.1 Å². The molecule has 0 radical (unpaired) electrons. The van der Waals surface area contributed by atoms with E-state index in [1.807, 2.05) is 13.1 Å². The molecule has 0 saturated heterocycles. The Morgan fingerprint density at radius 3 is 2.60 bits per heavy atom. The predicted molar refractivity (Wildman–Crippen MR) is 61.1 cm³/mol. The van der Waals surface area contributed by atoms with E-state index in [0.29, 0.717) is 6.73 Å². The Balaban J connectivity index is 2.77. The van der Waals surface area contributed by atoms with Crippen molar-refractivity contribution in [1.29, 1.82) is 0 Å². The largest absolute Gasteiger partial charge is 0.496 e. The first-order valence-corrected chi connectivity index (χ1v) is 4.98. The van der Waals surface area contributed by atoms with Crippen molar-refractivity contribution < 1.29 is 9.47 Å². The van der Waals surface area contributed by atoms with Crippen LogP contribution >= 0.6 is 0 Å². The van der Waals surface area contributed by atoms with Gasteiger partial charge in [-0.2, -0.15) is 0 Å². The molecule has 3 nitrogen and oxygen atoms in total. The molecule has 0 fully saturated rings. The second-order valence-electron chi connectivity index (χ2n) is 3.75. The van der Waals surface area contributed by atoms with Gasteiger partial charge in [-0.05, 0) is 20.0 Å². The summed E-state index contributed by atoms with van der Waals surface area (Å²) in [5, 5.41) is 0. The van der Waals surface area contributed by atoms with E-state index in [-0.39, 0.29) is 0 Å². The maximum absolute atomic E-state index is 5.31. The Morgan fingerprint density at radius 1 is 1.27 bits per heavy atom. The minimum absolute atomic E-state index is 0.622. The van der Waals surface area contributed by atoms with E-state index in [1.54, 1.807) is 14.2 Å². The van der Waals surface area contributed by atoms with Crippen molar-refractivity contribution in [2.45, 2.75) is 13.5 Å². The molecule has 0 saturated carbocycles. The van der Waals surface area contributed by atoms with Crippen LogP contribution in [0.15, 0.2) is 18.2 Å². The van der Waals surface area contributed by atoms with Crippen LogP contribution in [-0.2, 0) is 11.3 Å². The van der Waals surface area contributed by atoms with Gasteiger partial charge < -0.3 is 9.47 Å². The van der Waals surface area contributed by atoms with Crippen LogP contribution in [0.2, 0.25) is 0 Å². The van der Waals surface area contributed by atoms with E-state index in [0.717, 1.165) is 12.3 Å². The Bertz CT molecular complexity index is 312. The average molecular weight is 209 g/mol. The SMILES string of the molecule is COCN(C)Cc1cc(C)ccc1OC. The minimum atomic E-state index is 0.622. The van der Waals surface area contributed by atoms with Crippen molar-refractivity contribution >= 4 is 0 Å². The van der Waals surface area contributed by atoms with Gasteiger partial charge in [-0.3, -0.25) is 4.90 Å². The predicted octanol–water partition coefficient (Wildman–Crippen LogP) is 2.04. The van der Waals surface area contributed by atoms with Gasteiger partial charge in [0.15, 0.2) is 0 Å². The fourth-order valence-electron chi connectivity index (χ4n) is 1.59. The molecule has 0 atom stereocenters. The molecule has 3 heteroatoms. The van der Waals surface area contributed by atoms with Crippen LogP contribution in [0.4, 0.5) is 0 Å². The molecule has 0 spiro atoms. The van der Waals surface area contributed by atoms with Gasteiger partial charge in [-0.15, -0.1) is 0 Å². The van der Waals surface area contributed by atoms with Crippen molar-refractivity contribution in [2.24, 2.45) is 0 Å². The number of methoxy groups -OCH3 is 2. The van der Waals surface area contributed by atoms with Gasteiger partial charge in [0.05, 0.1) is 13.8 Å². The van der Waals surface area contributed by atoms with Crippen molar-refractivity contribution in [1.82, 2.24) is 4.90 Å². The summed E-state index contributed by atoms with van der Waals surface area (Å²) in [4.78, 5) is 2.09. The number of aryl methyl sites for hydroxylation is 1. The molecule has 0 aliphatic heterocycles. The highest BCUT2D eigenvalue weighted by Gasteiger charge is 2.05. The normalized spacial score (nSPS) is 10.7. The molecular formula is C12H19NO2. The third-order valence-electron chi connectivity index (χ3n) is 2.23. The lowest BCUT2D eigenvalue weighted by Crippen LogP contribution is -2.20. The second-order valence-corrected chi connectivity index (χ2v) is 3.75. The van der Waals surface area contributed by atoms with Gasteiger partial charge in [0.2, 0.25) is 0 Å². The molecule has 0 amide bonds. The van der Waals surface area contributed by atoms with E-state index >= 15 is 0 Å². The van der Waals surface area contributed by atoms with Gasteiger partial charge >= 0.3 is 0 Å². The average Bonchev–Trinajstić information content (AvgIpc) is 2.18. The van der Waals surface area contributed by atoms with Crippen LogP contribution in [0, 0.1) is 6.92 Å². The van der Waals surface area contributed by atoms with Crippen molar-refractivity contribution in [2.75, 3.05) is 28.0 Å². The Kier molecular flexibility index (Phi) is 4.59. The van der Waals surface area contributed by atoms with E-state index in [4.69, 9.17) is 9.47 Å². The smallest absolute Gasteiger partial charge is 0.123 e. The Morgan fingerprint density at radius 2 is 2.00 bits per heavy atom. The maximum Gasteiger partial charge on any atom is 0.123 e. The number of ether oxygens (including phenoxy) is 2. The maximum atomic E-state index is 5.31. The summed E-state index contributed by atoms with van der Waals surface area (Å²) in [6.45, 7) is 3.54. The highest BCUT2D eigenvalue weighted by molar-refractivity contribution is 5.36. The Labute approximate surface area is 91.6 Å². The summed E-state index contributed by atoms with van der Waals surface area (Å²) in [5.74, 6) is 0.934. The van der Waals surface area contributed by atoms with Crippen molar-refractivity contribution in [3.05, 3.63) is 29.3 Å². The molecule has 0 aliphatic carbocycles. The van der Waals surface area contributed by atoms with Crippen LogP contribution in [0.3, 0.4) is 0 Å². The minimum Gasteiger partial charge on any atom is -0.496 e. The lowest BCUT2D eigenvalue weighted by atomic mass is 10.1. The zero-order chi connectivity index (χ0) is 11.3. The summed E-state index contributed by atoms with van der Waals surface area (Å²) < 4.78 is 10.4. The summed E-state index contributed by atoms with van der Waals surface area (Å²) in [7, 11) is 5.42. The molecule has 0 unspecified atom stereocenters. The van der Waals surface area contributed by atoms with E-state index < -0.39 is 0 Å². The topological polar surface area (TPSA) is 21.7 Å². The third-order valence-corrected chi connectivity index (χ3v) is 2.23. The van der Waals surface area contributed by atoms with Crippen molar-refractivity contribution in [3.8, 4) is 5.75 Å². The Hall–Kier alpha value is -1.06. The fourth-order valence-corrected chi connectivity index (χ4v) is 1.59. The van der Waals surface area contributed by atoms with Crippen LogP contribution in [0.1, 0.15) is 11.1 Å². The molecule has 0 aliphatic rings. The zero-order valence-electron chi connectivity index (χ0n) is 9.91. The lowest BCUT2D eigenvalue weighted by Gasteiger charge is -2.17. The van der Waals surface area contributed by atoms with Gasteiger partial charge in [0.25, 0.3) is 0 Å². The van der Waals surface area contributed by atoms with Gasteiger partial charge in [0, 0.05) is 19.2 Å². The zero-order valence-corrected chi connectivity index (χ0v) is 9.91. The number of hydrogen-bond acceptors (Lipinski definition) is 3. The molecule has 1 aromatic carbocycles. The van der Waals surface area contributed by atoms with Gasteiger partial charge in [-0.25, -0.2) is 0 Å². The van der Waals surface area contributed by atoms with E-state index in [9.17, 15) is 0 Å². The van der Waals surface area contributed by atoms with Crippen LogP contribution in [-0.4, -0.2) is 32.9 Å². The summed E-state index contributed by atoms with van der Waals surface area (Å²) in [6.07, 6.45) is 0. The molecular weight excluding hydrogens is 190 g/mol.